The first-order chi connectivity index (χ1) is 54.1. The molecule has 0 bridgehead atoms. The summed E-state index contributed by atoms with van der Waals surface area (Å²) >= 11 is 0. The van der Waals surface area contributed by atoms with E-state index in [0.717, 1.165) is 45.2 Å². The van der Waals surface area contributed by atoms with Crippen LogP contribution in [0, 0.1) is 0 Å². The second kappa shape index (κ2) is 20.8. The van der Waals surface area contributed by atoms with Gasteiger partial charge in [-0.3, -0.25) is 0 Å². The van der Waals surface area contributed by atoms with E-state index in [1.54, 1.807) is 0 Å². The molecule has 0 saturated heterocycles. The van der Waals surface area contributed by atoms with E-state index in [0.29, 0.717) is 0 Å². The fourth-order valence-corrected chi connectivity index (χ4v) is 22.9. The molecule has 0 atom stereocenters. The van der Waals surface area contributed by atoms with Gasteiger partial charge in [-0.1, -0.05) is 328 Å². The summed E-state index contributed by atoms with van der Waals surface area (Å²) in [6.45, 7) is -0.295. The highest BCUT2D eigenvalue weighted by atomic mass is 15.2. The molecular weight excluding hydrogens is 1310 g/mol. The number of anilines is 6. The quantitative estimate of drug-likeness (QED) is 0.163. The first-order valence-corrected chi connectivity index (χ1v) is 38.4. The third-order valence-electron chi connectivity index (χ3n) is 26.6. The minimum atomic E-state index is -0.698. The largest absolute Gasteiger partial charge is 0.311 e. The molecule has 17 aromatic carbocycles. The fraction of sp³-hybridized carbons (Fsp3) is 0.0286. The topological polar surface area (TPSA) is 11.4 Å². The average Bonchev–Trinajstić information content (AvgIpc) is 1.54. The lowest BCUT2D eigenvalue weighted by Gasteiger charge is -2.46. The van der Waals surface area contributed by atoms with Crippen molar-refractivity contribution in [1.29, 1.82) is 0 Å². The van der Waals surface area contributed by atoms with Crippen LogP contribution in [0.1, 0.15) is 66.8 Å². The zero-order chi connectivity index (χ0) is 70.7. The van der Waals surface area contributed by atoms with E-state index in [4.69, 9.17) is 0 Å². The molecule has 8 aliphatic rings. The maximum Gasteiger partial charge on any atom is 0.252 e. The molecule has 6 aliphatic carbocycles. The molecule has 26 rings (SSSR count). The van der Waals surface area contributed by atoms with Gasteiger partial charge in [0.15, 0.2) is 0 Å². The van der Waals surface area contributed by atoms with Gasteiger partial charge >= 0.3 is 0 Å². The average molecular weight is 1380 g/mol. The molecular formula is C105H62BN3. The molecule has 2 aliphatic heterocycles. The Morgan fingerprint density at radius 3 is 1.11 bits per heavy atom. The van der Waals surface area contributed by atoms with E-state index in [-0.39, 0.29) is 6.71 Å². The lowest BCUT2D eigenvalue weighted by Crippen LogP contribution is -2.61. The van der Waals surface area contributed by atoms with E-state index >= 15 is 0 Å². The van der Waals surface area contributed by atoms with E-state index in [1.165, 1.54) is 177 Å². The minimum Gasteiger partial charge on any atom is -0.311 e. The molecule has 0 N–H and O–H groups in total. The van der Waals surface area contributed by atoms with E-state index < -0.39 is 16.2 Å². The molecule has 3 nitrogen and oxygen atoms in total. The second-order valence-electron chi connectivity index (χ2n) is 31.0. The van der Waals surface area contributed by atoms with Gasteiger partial charge in [0.2, 0.25) is 0 Å². The van der Waals surface area contributed by atoms with Crippen molar-refractivity contribution in [2.75, 3.05) is 9.80 Å². The Morgan fingerprint density at radius 2 is 0.587 bits per heavy atom. The van der Waals surface area contributed by atoms with Crippen LogP contribution in [-0.2, 0) is 16.2 Å². The standard InChI is InChI=1S/C105H62BN3/c1-2-28-63(29-3-1)64-56-57-94-90(58-64)106-91-62-89-78(73-37-11-19-46-83(73)104(89)81-44-17-6-32-68(81)69-33-7-18-45-82(69)104)61-97(91)109(96-55-26-41-76-72-36-10-22-49-86(72)105(101(76)96)84-47-20-8-34-70(84)71-35-9-21-48-85(71)105)99-60-65(107-92-52-24-13-38-74(92)75-39-14-25-53-93(75)107)59-98(102(99)106)108(94)95-54-27-51-88-100(95)77-40-12-23-50-87(77)103(88)79-42-15-4-30-66(79)67-31-5-16-43-80(67)103/h1-62H. The highest BCUT2D eigenvalue weighted by Gasteiger charge is 2.58. The summed E-state index contributed by atoms with van der Waals surface area (Å²) in [4.78, 5) is 5.55. The molecule has 500 valence electrons. The van der Waals surface area contributed by atoms with Gasteiger partial charge in [0.1, 0.15) is 0 Å². The molecule has 3 spiro atoms. The van der Waals surface area contributed by atoms with E-state index in [1.807, 2.05) is 0 Å². The maximum absolute atomic E-state index is 2.80. The smallest absolute Gasteiger partial charge is 0.252 e. The monoisotopic (exact) mass is 1380 g/mol. The Morgan fingerprint density at radius 1 is 0.211 bits per heavy atom. The number of fused-ring (bicyclic) bond motifs is 37. The molecule has 1 aromatic heterocycles. The van der Waals surface area contributed by atoms with Crippen LogP contribution >= 0.6 is 0 Å². The number of hydrogen-bond donors (Lipinski definition) is 0. The summed E-state index contributed by atoms with van der Waals surface area (Å²) in [5, 5.41) is 2.44. The maximum atomic E-state index is 2.80. The van der Waals surface area contributed by atoms with Crippen LogP contribution in [-0.4, -0.2) is 11.3 Å². The Labute approximate surface area is 631 Å². The fourth-order valence-electron chi connectivity index (χ4n) is 22.9. The summed E-state index contributed by atoms with van der Waals surface area (Å²) in [5.74, 6) is 0. The van der Waals surface area contributed by atoms with E-state index in [9.17, 15) is 0 Å². The molecule has 0 unspecified atom stereocenters. The highest BCUT2D eigenvalue weighted by Crippen LogP contribution is 2.69. The lowest BCUT2D eigenvalue weighted by molar-refractivity contribution is 0.792. The first-order valence-electron chi connectivity index (χ1n) is 38.4. The van der Waals surface area contributed by atoms with Crippen molar-refractivity contribution < 1.29 is 0 Å². The summed E-state index contributed by atoms with van der Waals surface area (Å²) in [6, 6.07) is 146. The normalized spacial score (nSPS) is 15.0. The molecule has 0 amide bonds. The molecule has 0 saturated carbocycles. The first kappa shape index (κ1) is 58.5. The van der Waals surface area contributed by atoms with Crippen molar-refractivity contribution in [2.24, 2.45) is 0 Å². The molecule has 3 heterocycles. The van der Waals surface area contributed by atoms with E-state index in [2.05, 4.69) is 390 Å². The van der Waals surface area contributed by atoms with Gasteiger partial charge in [-0.2, -0.15) is 0 Å². The van der Waals surface area contributed by atoms with Crippen molar-refractivity contribution >= 4 is 79.0 Å². The third-order valence-corrected chi connectivity index (χ3v) is 26.6. The molecule has 109 heavy (non-hydrogen) atoms. The van der Waals surface area contributed by atoms with Crippen LogP contribution in [0.3, 0.4) is 0 Å². The number of hydrogen-bond acceptors (Lipinski definition) is 2. The lowest BCUT2D eigenvalue weighted by atomic mass is 9.33. The van der Waals surface area contributed by atoms with Gasteiger partial charge < -0.3 is 14.4 Å². The van der Waals surface area contributed by atoms with Crippen molar-refractivity contribution in [3.05, 3.63) is 443 Å². The van der Waals surface area contributed by atoms with Gasteiger partial charge in [0, 0.05) is 44.6 Å². The predicted octanol–water partition coefficient (Wildman–Crippen LogP) is 23.6. The third kappa shape index (κ3) is 6.92. The number of para-hydroxylation sites is 2. The van der Waals surface area contributed by atoms with Gasteiger partial charge in [-0.15, -0.1) is 0 Å². The van der Waals surface area contributed by atoms with Crippen molar-refractivity contribution in [1.82, 2.24) is 4.57 Å². The SMILES string of the molecule is c1ccc(-c2ccc3c(c2)B2c4cc5c(cc4N(c4cccc6c4C4(c7ccccc7-c7ccccc74)c4ccccc4-6)c4cc(-n6c7ccccc7c7ccccc76)cc(c42)N3c2cccc3c2-c2ccccc2C32c3ccccc3-c3ccccc32)-c2ccccc2C52c3ccccc3-c3ccccc32)cc1. The van der Waals surface area contributed by atoms with Crippen molar-refractivity contribution in [3.63, 3.8) is 0 Å². The van der Waals surface area contributed by atoms with Crippen molar-refractivity contribution in [3.8, 4) is 83.6 Å². The van der Waals surface area contributed by atoms with Crippen LogP contribution in [0.15, 0.2) is 376 Å². The van der Waals surface area contributed by atoms with Gasteiger partial charge in [-0.05, 0) is 198 Å². The molecule has 4 heteroatoms. The molecule has 0 radical (unpaired) electrons. The number of rotatable bonds is 4. The summed E-state index contributed by atoms with van der Waals surface area (Å²) in [5.41, 5.74) is 45.6. The summed E-state index contributed by atoms with van der Waals surface area (Å²) in [7, 11) is 0. The van der Waals surface area contributed by atoms with Crippen LogP contribution < -0.4 is 26.2 Å². The molecule has 0 fully saturated rings. The van der Waals surface area contributed by atoms with Crippen LogP contribution in [0.5, 0.6) is 0 Å². The second-order valence-corrected chi connectivity index (χ2v) is 31.0. The van der Waals surface area contributed by atoms with Crippen LogP contribution in [0.25, 0.3) is 105 Å². The number of aromatic nitrogens is 1. The van der Waals surface area contributed by atoms with Gasteiger partial charge in [-0.25, -0.2) is 0 Å². The zero-order valence-corrected chi connectivity index (χ0v) is 59.2. The van der Waals surface area contributed by atoms with Crippen LogP contribution in [0.2, 0.25) is 0 Å². The highest BCUT2D eigenvalue weighted by molar-refractivity contribution is 7.00. The Bertz CT molecular complexity index is 6960. The van der Waals surface area contributed by atoms with Gasteiger partial charge in [0.25, 0.3) is 6.71 Å². The predicted molar refractivity (Wildman–Crippen MR) is 449 cm³/mol. The molecule has 18 aromatic rings. The Kier molecular flexibility index (Phi) is 11.2. The van der Waals surface area contributed by atoms with Crippen LogP contribution in [0.4, 0.5) is 34.1 Å². The summed E-state index contributed by atoms with van der Waals surface area (Å²) < 4.78 is 2.58. The summed E-state index contributed by atoms with van der Waals surface area (Å²) in [6.07, 6.45) is 0. The minimum absolute atomic E-state index is 0.295. The Balaban J connectivity index is 0.855. The Hall–Kier alpha value is -13.8. The van der Waals surface area contributed by atoms with Gasteiger partial charge in [0.05, 0.1) is 44.3 Å². The number of benzene rings is 17. The number of nitrogens with zero attached hydrogens (tertiary/aromatic N) is 3. The zero-order valence-electron chi connectivity index (χ0n) is 59.2. The van der Waals surface area contributed by atoms with Crippen molar-refractivity contribution in [2.45, 2.75) is 16.2 Å².